The summed E-state index contributed by atoms with van der Waals surface area (Å²) in [7, 11) is -1.20. The number of hydrogen-bond donors (Lipinski definition) is 2. The average molecular weight is 375 g/mol. The lowest BCUT2D eigenvalue weighted by Crippen LogP contribution is -2.41. The summed E-state index contributed by atoms with van der Waals surface area (Å²) < 4.78 is 22.5. The van der Waals surface area contributed by atoms with E-state index < -0.39 is 9.84 Å². The van der Waals surface area contributed by atoms with Crippen LogP contribution in [-0.2, 0) is 9.84 Å². The lowest BCUT2D eigenvalue weighted by molar-refractivity contribution is 0.595. The molecule has 5 nitrogen and oxygen atoms in total. The molecule has 0 bridgehead atoms. The molecule has 0 aromatic carbocycles. The van der Waals surface area contributed by atoms with E-state index >= 15 is 0 Å². The number of nitrogens with one attached hydrogen (secondary N) is 2. The first kappa shape index (κ1) is 16.9. The summed E-state index contributed by atoms with van der Waals surface area (Å²) in [5, 5.41) is 6.25. The molecule has 7 heteroatoms. The molecular weight excluding hydrogens is 353 g/mol. The maximum Gasteiger partial charge on any atom is 0.191 e. The van der Waals surface area contributed by atoms with Crippen LogP contribution in [0.25, 0.3) is 0 Å². The van der Waals surface area contributed by atoms with E-state index in [0.717, 1.165) is 6.42 Å². The highest BCUT2D eigenvalue weighted by Gasteiger charge is 2.33. The van der Waals surface area contributed by atoms with Crippen LogP contribution >= 0.6 is 24.0 Å². The van der Waals surface area contributed by atoms with Crippen molar-refractivity contribution in [2.75, 3.05) is 25.1 Å². The van der Waals surface area contributed by atoms with Gasteiger partial charge in [-0.3, -0.25) is 4.99 Å². The van der Waals surface area contributed by atoms with Gasteiger partial charge in [0.25, 0.3) is 0 Å². The second-order valence-corrected chi connectivity index (χ2v) is 6.67. The number of rotatable bonds is 5. The minimum absolute atomic E-state index is 0. The molecule has 2 N–H and O–H groups in total. The molecule has 102 valence electrons. The number of hydrogen-bond acceptors (Lipinski definition) is 3. The van der Waals surface area contributed by atoms with Crippen LogP contribution in [0.4, 0.5) is 0 Å². The average Bonchev–Trinajstić information content (AvgIpc) is 2.92. The van der Waals surface area contributed by atoms with Crippen LogP contribution in [0.3, 0.4) is 0 Å². The van der Waals surface area contributed by atoms with Crippen LogP contribution in [-0.4, -0.2) is 45.5 Å². The van der Waals surface area contributed by atoms with E-state index in [1.165, 1.54) is 0 Å². The predicted octanol–water partition coefficient (Wildman–Crippen LogP) is 0.613. The zero-order chi connectivity index (χ0) is 12.2. The summed E-state index contributed by atoms with van der Waals surface area (Å²) in [6.45, 7) is 4.25. The predicted molar refractivity (Wildman–Crippen MR) is 81.8 cm³/mol. The van der Waals surface area contributed by atoms with Gasteiger partial charge in [-0.25, -0.2) is 8.42 Å². The van der Waals surface area contributed by atoms with Crippen LogP contribution in [0.2, 0.25) is 0 Å². The molecule has 17 heavy (non-hydrogen) atoms. The maximum atomic E-state index is 11.3. The molecule has 0 spiro atoms. The third kappa shape index (κ3) is 6.44. The highest BCUT2D eigenvalue weighted by molar-refractivity contribution is 14.0. The maximum absolute atomic E-state index is 11.3. The van der Waals surface area contributed by atoms with E-state index in [9.17, 15) is 8.42 Å². The van der Waals surface area contributed by atoms with Gasteiger partial charge in [0.2, 0.25) is 0 Å². The molecule has 2 atom stereocenters. The lowest BCUT2D eigenvalue weighted by Gasteiger charge is -2.11. The third-order valence-corrected chi connectivity index (χ3v) is 4.51. The van der Waals surface area contributed by atoms with Gasteiger partial charge >= 0.3 is 0 Å². The van der Waals surface area contributed by atoms with Gasteiger partial charge in [-0.2, -0.15) is 0 Å². The van der Waals surface area contributed by atoms with Crippen LogP contribution in [0.1, 0.15) is 20.3 Å². The third-order valence-electron chi connectivity index (χ3n) is 2.80. The van der Waals surface area contributed by atoms with Crippen LogP contribution in [0, 0.1) is 5.92 Å². The van der Waals surface area contributed by atoms with Gasteiger partial charge in [0, 0.05) is 25.4 Å². The summed E-state index contributed by atoms with van der Waals surface area (Å²) in [6, 6.07) is 0.494. The van der Waals surface area contributed by atoms with Gasteiger partial charge in [-0.15, -0.1) is 24.0 Å². The van der Waals surface area contributed by atoms with Crippen molar-refractivity contribution in [2.45, 2.75) is 26.3 Å². The summed E-state index contributed by atoms with van der Waals surface area (Å²) in [5.41, 5.74) is 0. The first-order valence-corrected chi connectivity index (χ1v) is 7.48. The van der Waals surface area contributed by atoms with E-state index in [0.29, 0.717) is 24.5 Å². The lowest BCUT2D eigenvalue weighted by atomic mass is 10.5. The van der Waals surface area contributed by atoms with Crippen LogP contribution < -0.4 is 10.6 Å². The monoisotopic (exact) mass is 375 g/mol. The van der Waals surface area contributed by atoms with E-state index in [1.807, 2.05) is 0 Å². The van der Waals surface area contributed by atoms with Crippen molar-refractivity contribution >= 4 is 39.8 Å². The molecule has 1 fully saturated rings. The first-order chi connectivity index (χ1) is 7.48. The zero-order valence-electron chi connectivity index (χ0n) is 10.6. The van der Waals surface area contributed by atoms with E-state index in [-0.39, 0.29) is 35.5 Å². The molecule has 0 aromatic heterocycles. The minimum Gasteiger partial charge on any atom is -0.355 e. The Morgan fingerprint density at radius 2 is 2.06 bits per heavy atom. The zero-order valence-corrected chi connectivity index (χ0v) is 13.7. The summed E-state index contributed by atoms with van der Waals surface area (Å²) in [5.74, 6) is 1.74. The molecule has 0 heterocycles. The fraction of sp³-hybridized carbons (Fsp3) is 0.900. The number of sulfone groups is 1. The second kappa shape index (κ2) is 7.40. The number of aliphatic imine (C=N–C) groups is 1. The second-order valence-electron chi connectivity index (χ2n) is 4.20. The van der Waals surface area contributed by atoms with E-state index in [2.05, 4.69) is 22.5 Å². The van der Waals surface area contributed by atoms with E-state index in [1.54, 1.807) is 14.0 Å². The molecule has 1 saturated carbocycles. The molecule has 1 aliphatic rings. The van der Waals surface area contributed by atoms with E-state index in [4.69, 9.17) is 0 Å². The Hall–Kier alpha value is -0.0500. The van der Waals surface area contributed by atoms with Crippen molar-refractivity contribution in [3.8, 4) is 0 Å². The molecular formula is C10H22IN3O2S. The van der Waals surface area contributed by atoms with Crippen molar-refractivity contribution < 1.29 is 8.42 Å². The smallest absolute Gasteiger partial charge is 0.191 e. The summed E-state index contributed by atoms with van der Waals surface area (Å²) in [6.07, 6.45) is 1.16. The summed E-state index contributed by atoms with van der Waals surface area (Å²) in [4.78, 5) is 4.05. The van der Waals surface area contributed by atoms with Gasteiger partial charge in [0.1, 0.15) is 0 Å². The van der Waals surface area contributed by atoms with Crippen molar-refractivity contribution in [3.05, 3.63) is 0 Å². The molecule has 0 saturated heterocycles. The fourth-order valence-electron chi connectivity index (χ4n) is 1.36. The topological polar surface area (TPSA) is 70.6 Å². The Bertz CT molecular complexity index is 357. The van der Waals surface area contributed by atoms with Crippen molar-refractivity contribution in [1.82, 2.24) is 10.6 Å². The van der Waals surface area contributed by atoms with Gasteiger partial charge in [-0.1, -0.05) is 13.8 Å². The van der Waals surface area contributed by atoms with Crippen molar-refractivity contribution in [2.24, 2.45) is 10.9 Å². The van der Waals surface area contributed by atoms with Crippen LogP contribution in [0.15, 0.2) is 4.99 Å². The molecule has 0 aliphatic heterocycles. The largest absolute Gasteiger partial charge is 0.355 e. The molecule has 1 rings (SSSR count). The van der Waals surface area contributed by atoms with Gasteiger partial charge < -0.3 is 10.6 Å². The van der Waals surface area contributed by atoms with Crippen molar-refractivity contribution in [3.63, 3.8) is 0 Å². The SMILES string of the molecule is CCS(=O)(=O)CCNC(=NC)NC1CC1C.I. The Balaban J connectivity index is 0.00000256. The minimum atomic E-state index is -2.89. The molecule has 0 radical (unpaired) electrons. The Morgan fingerprint density at radius 3 is 2.47 bits per heavy atom. The Morgan fingerprint density at radius 1 is 1.47 bits per heavy atom. The first-order valence-electron chi connectivity index (χ1n) is 5.66. The molecule has 0 amide bonds. The number of nitrogens with zero attached hydrogens (tertiary/aromatic N) is 1. The molecule has 1 aliphatic carbocycles. The van der Waals surface area contributed by atoms with Crippen LogP contribution in [0.5, 0.6) is 0 Å². The molecule has 2 unspecified atom stereocenters. The molecule has 0 aromatic rings. The number of guanidine groups is 1. The quantitative estimate of drug-likeness (QED) is 0.420. The highest BCUT2D eigenvalue weighted by atomic mass is 127. The Kier molecular flexibility index (Phi) is 7.38. The fourth-order valence-corrected chi connectivity index (χ4v) is 2.06. The van der Waals surface area contributed by atoms with Gasteiger partial charge in [0.05, 0.1) is 5.75 Å². The Labute approximate surface area is 121 Å². The summed E-state index contributed by atoms with van der Waals surface area (Å²) >= 11 is 0. The normalized spacial score (nSPS) is 23.8. The van der Waals surface area contributed by atoms with Crippen molar-refractivity contribution in [1.29, 1.82) is 0 Å². The van der Waals surface area contributed by atoms with Gasteiger partial charge in [-0.05, 0) is 12.3 Å². The number of halogens is 1. The van der Waals surface area contributed by atoms with Gasteiger partial charge in [0.15, 0.2) is 15.8 Å². The standard InChI is InChI=1S/C10H21N3O2S.HI/c1-4-16(14,15)6-5-12-10(11-3)13-9-7-8(9)2;/h8-9H,4-7H2,1-3H3,(H2,11,12,13);1H. The highest BCUT2D eigenvalue weighted by Crippen LogP contribution is 2.28.